The van der Waals surface area contributed by atoms with Gasteiger partial charge in [-0.2, -0.15) is 0 Å². The number of amides is 1. The molecule has 3 nitrogen and oxygen atoms in total. The van der Waals surface area contributed by atoms with Crippen molar-refractivity contribution < 1.29 is 6.17 Å². The maximum atomic E-state index is 10.4. The van der Waals surface area contributed by atoms with E-state index in [0.29, 0.717) is 0 Å². The highest BCUT2D eigenvalue weighted by atomic mass is 16.1. The van der Waals surface area contributed by atoms with E-state index < -0.39 is 5.91 Å². The summed E-state index contributed by atoms with van der Waals surface area (Å²) in [6, 6.07) is 3.04. The number of primary amides is 1. The maximum Gasteiger partial charge on any atom is 0.267 e. The van der Waals surface area contributed by atoms with Crippen molar-refractivity contribution in [2.45, 2.75) is 0 Å². The van der Waals surface area contributed by atoms with Crippen LogP contribution in [0.25, 0.3) is 0 Å². The van der Waals surface area contributed by atoms with E-state index in [0.717, 1.165) is 0 Å². The minimum atomic E-state index is -0.603. The van der Waals surface area contributed by atoms with Crippen molar-refractivity contribution in [2.75, 3.05) is 0 Å². The molecule has 0 aromatic carbocycles. The Hall–Kier alpha value is -1.38. The highest BCUT2D eigenvalue weighted by molar-refractivity contribution is 5.90. The van der Waals surface area contributed by atoms with E-state index in [1.54, 1.807) is 0 Å². The van der Waals surface area contributed by atoms with Gasteiger partial charge < -0.3 is 5.73 Å². The van der Waals surface area contributed by atoms with Crippen molar-refractivity contribution in [3.8, 4) is 0 Å². The Balaban J connectivity index is 3.07. The number of nitrogens with zero attached hydrogens (tertiary/aromatic N) is 1. The van der Waals surface area contributed by atoms with Crippen molar-refractivity contribution in [1.82, 2.24) is 4.98 Å². The Morgan fingerprint density at radius 2 is 2.67 bits per heavy atom. The fraction of sp³-hybridized carbons (Fsp3) is 0. The summed E-state index contributed by atoms with van der Waals surface area (Å²) in [7, 11) is 0. The second-order valence-corrected chi connectivity index (χ2v) is 1.51. The molecule has 0 radical (unpaired) electrons. The van der Waals surface area contributed by atoms with E-state index >= 15 is 0 Å². The van der Waals surface area contributed by atoms with E-state index in [2.05, 4.69) is 4.98 Å². The number of hydrogen-bond acceptors (Lipinski definition) is 2. The molecule has 9 heavy (non-hydrogen) atoms. The molecule has 0 aliphatic carbocycles. The monoisotopic (exact) mass is 123 g/mol. The summed E-state index contributed by atoms with van der Waals surface area (Å²) in [6.07, 6.45) is 1.38. The molecule has 1 heterocycles. The van der Waals surface area contributed by atoms with E-state index in [-0.39, 0.29) is 11.7 Å². The van der Waals surface area contributed by atoms with Crippen LogP contribution in [-0.2, 0) is 0 Å². The molecule has 0 aliphatic heterocycles. The van der Waals surface area contributed by atoms with Gasteiger partial charge >= 0.3 is 0 Å². The molecular weight excluding hydrogens is 116 g/mol. The molecule has 1 aromatic heterocycles. The minimum Gasteiger partial charge on any atom is -0.364 e. The van der Waals surface area contributed by atoms with Gasteiger partial charge in [-0.15, -0.1) is 0 Å². The number of aromatic nitrogens is 1. The van der Waals surface area contributed by atoms with Gasteiger partial charge in [-0.3, -0.25) is 9.78 Å². The van der Waals surface area contributed by atoms with Crippen molar-refractivity contribution in [3.05, 3.63) is 30.1 Å². The molecule has 1 aromatic rings. The van der Waals surface area contributed by atoms with Crippen LogP contribution >= 0.6 is 0 Å². The van der Waals surface area contributed by atoms with Crippen LogP contribution < -0.4 is 5.73 Å². The molecule has 2 N–H and O–H groups in total. The predicted molar refractivity (Wildman–Crippen MR) is 32.8 cm³/mol. The first-order valence-electron chi connectivity index (χ1n) is 2.92. The molecule has 0 unspecified atom stereocenters. The Bertz CT molecular complexity index is 262. The topological polar surface area (TPSA) is 56.0 Å². The van der Waals surface area contributed by atoms with Crippen LogP contribution in [0.2, 0.25) is 0 Å². The zero-order valence-electron chi connectivity index (χ0n) is 5.66. The van der Waals surface area contributed by atoms with Gasteiger partial charge in [0.15, 0.2) is 0 Å². The summed E-state index contributed by atoms with van der Waals surface area (Å²) in [6.45, 7) is 0. The van der Waals surface area contributed by atoms with Crippen LogP contribution in [0.15, 0.2) is 24.4 Å². The second kappa shape index (κ2) is 2.26. The first-order chi connectivity index (χ1) is 4.70. The van der Waals surface area contributed by atoms with E-state index in [1.807, 2.05) is 0 Å². The molecule has 0 spiro atoms. The summed E-state index contributed by atoms with van der Waals surface area (Å²) in [5.74, 6) is -0.603. The van der Waals surface area contributed by atoms with Crippen LogP contribution in [0, 0.1) is 0 Å². The lowest BCUT2D eigenvalue weighted by Crippen LogP contribution is -2.12. The van der Waals surface area contributed by atoms with Gasteiger partial charge in [-0.1, -0.05) is 6.04 Å². The quantitative estimate of drug-likeness (QED) is 0.579. The first kappa shape index (κ1) is 4.49. The molecule has 0 atom stereocenters. The first-order valence-corrected chi connectivity index (χ1v) is 2.42. The summed E-state index contributed by atoms with van der Waals surface area (Å²) >= 11 is 0. The second-order valence-electron chi connectivity index (χ2n) is 1.51. The SMILES string of the molecule is [2H]c1ccnc(C(N)=O)c1. The highest BCUT2D eigenvalue weighted by Crippen LogP contribution is 1.88. The lowest BCUT2D eigenvalue weighted by molar-refractivity contribution is 0.0995. The average Bonchev–Trinajstić information content (AvgIpc) is 1.88. The third-order valence-corrected chi connectivity index (χ3v) is 0.857. The zero-order valence-corrected chi connectivity index (χ0v) is 4.66. The van der Waals surface area contributed by atoms with Gasteiger partial charge in [-0.25, -0.2) is 0 Å². The molecule has 0 fully saturated rings. The van der Waals surface area contributed by atoms with Gasteiger partial charge in [0.1, 0.15) is 5.69 Å². The molecule has 3 heteroatoms. The number of carbonyl (C=O) groups excluding carboxylic acids is 1. The smallest absolute Gasteiger partial charge is 0.267 e. The van der Waals surface area contributed by atoms with Crippen LogP contribution in [0.5, 0.6) is 0 Å². The van der Waals surface area contributed by atoms with Crippen molar-refractivity contribution in [2.24, 2.45) is 5.73 Å². The normalized spacial score (nSPS) is 10.4. The number of hydrogen-bond donors (Lipinski definition) is 1. The van der Waals surface area contributed by atoms with E-state index in [1.165, 1.54) is 18.3 Å². The van der Waals surface area contributed by atoms with Crippen molar-refractivity contribution in [3.63, 3.8) is 0 Å². The third kappa shape index (κ3) is 1.25. The minimum absolute atomic E-state index is 0.132. The average molecular weight is 123 g/mol. The van der Waals surface area contributed by atoms with E-state index in [4.69, 9.17) is 7.10 Å². The Morgan fingerprint density at radius 1 is 1.89 bits per heavy atom. The number of carbonyl (C=O) groups is 1. The highest BCUT2D eigenvalue weighted by Gasteiger charge is 1.95. The number of nitrogens with two attached hydrogens (primary N) is 1. The van der Waals surface area contributed by atoms with Gasteiger partial charge in [-0.05, 0) is 12.1 Å². The van der Waals surface area contributed by atoms with Crippen LogP contribution in [0.3, 0.4) is 0 Å². The largest absolute Gasteiger partial charge is 0.364 e. The summed E-state index contributed by atoms with van der Waals surface area (Å²) in [5.41, 5.74) is 5.03. The summed E-state index contributed by atoms with van der Waals surface area (Å²) in [5, 5.41) is 0. The zero-order chi connectivity index (χ0) is 7.56. The Labute approximate surface area is 53.9 Å². The lowest BCUT2D eigenvalue weighted by atomic mass is 10.3. The van der Waals surface area contributed by atoms with Gasteiger partial charge in [0.05, 0.1) is 1.37 Å². The third-order valence-electron chi connectivity index (χ3n) is 0.857. The maximum absolute atomic E-state index is 10.4. The fourth-order valence-electron chi connectivity index (χ4n) is 0.460. The Kier molecular flexibility index (Phi) is 1.13. The van der Waals surface area contributed by atoms with Crippen LogP contribution in [0.1, 0.15) is 11.9 Å². The van der Waals surface area contributed by atoms with Crippen LogP contribution in [-0.4, -0.2) is 10.9 Å². The molecule has 1 rings (SSSR count). The van der Waals surface area contributed by atoms with Crippen molar-refractivity contribution >= 4 is 5.91 Å². The molecule has 0 saturated carbocycles. The Morgan fingerprint density at radius 3 is 3.11 bits per heavy atom. The van der Waals surface area contributed by atoms with Gasteiger partial charge in [0.25, 0.3) is 5.91 Å². The predicted octanol–water partition coefficient (Wildman–Crippen LogP) is 0.181. The van der Waals surface area contributed by atoms with Gasteiger partial charge in [0.2, 0.25) is 0 Å². The summed E-state index contributed by atoms with van der Waals surface area (Å²) in [4.78, 5) is 14.1. The fourth-order valence-corrected chi connectivity index (χ4v) is 0.460. The lowest BCUT2D eigenvalue weighted by Gasteiger charge is -1.88. The molecule has 1 amide bonds. The molecule has 0 saturated heterocycles. The van der Waals surface area contributed by atoms with Gasteiger partial charge in [0, 0.05) is 6.20 Å². The standard InChI is InChI=1S/C6H6N2O/c7-6(9)5-3-1-2-4-8-5/h1-4H,(H2,7,9)/i1D. The number of pyridine rings is 1. The number of rotatable bonds is 1. The molecule has 0 aliphatic rings. The van der Waals surface area contributed by atoms with Crippen molar-refractivity contribution in [1.29, 1.82) is 0 Å². The van der Waals surface area contributed by atoms with Crippen LogP contribution in [0.4, 0.5) is 0 Å². The summed E-state index contributed by atoms with van der Waals surface area (Å²) < 4.78 is 7.08. The van der Waals surface area contributed by atoms with E-state index in [9.17, 15) is 4.79 Å². The molecule has 0 bridgehead atoms. The molecule has 46 valence electrons. The molecular formula is C6H6N2O.